The molecule has 1 aliphatic rings. The Morgan fingerprint density at radius 1 is 1.65 bits per heavy atom. The molecule has 0 aliphatic carbocycles. The van der Waals surface area contributed by atoms with Crippen LogP contribution in [0.3, 0.4) is 0 Å². The van der Waals surface area contributed by atoms with Crippen molar-refractivity contribution < 1.29 is 14.5 Å². The highest BCUT2D eigenvalue weighted by molar-refractivity contribution is 7.17. The summed E-state index contributed by atoms with van der Waals surface area (Å²) in [6.07, 6.45) is 1.98. The van der Waals surface area contributed by atoms with Crippen LogP contribution in [-0.4, -0.2) is 43.2 Å². The lowest BCUT2D eigenvalue weighted by atomic mass is 9.98. The minimum absolute atomic E-state index is 0.0271. The van der Waals surface area contributed by atoms with Crippen molar-refractivity contribution in [1.29, 1.82) is 0 Å². The number of hydrogen-bond acceptors (Lipinski definition) is 6. The van der Waals surface area contributed by atoms with E-state index in [1.165, 1.54) is 12.1 Å². The predicted molar refractivity (Wildman–Crippen MR) is 75.2 cm³/mol. The van der Waals surface area contributed by atoms with Crippen molar-refractivity contribution in [3.63, 3.8) is 0 Å². The van der Waals surface area contributed by atoms with Crippen molar-refractivity contribution in [2.45, 2.75) is 18.4 Å². The van der Waals surface area contributed by atoms with Gasteiger partial charge in [-0.1, -0.05) is 11.3 Å². The molecular formula is C12H17N3O4S. The molecule has 1 aromatic rings. The van der Waals surface area contributed by atoms with E-state index >= 15 is 0 Å². The highest BCUT2D eigenvalue weighted by Crippen LogP contribution is 2.24. The van der Waals surface area contributed by atoms with Crippen molar-refractivity contribution in [2.24, 2.45) is 0 Å². The van der Waals surface area contributed by atoms with Crippen LogP contribution in [0.5, 0.6) is 0 Å². The third-order valence-electron chi connectivity index (χ3n) is 3.34. The third kappa shape index (κ3) is 3.33. The van der Waals surface area contributed by atoms with E-state index in [9.17, 15) is 14.9 Å². The molecule has 1 aromatic heterocycles. The molecule has 1 saturated heterocycles. The molecule has 0 spiro atoms. The SMILES string of the molecule is COCC1(CNC(=O)c2ccc([N+](=O)[O-])s2)CCCN1. The number of rotatable bonds is 6. The maximum absolute atomic E-state index is 12.0. The molecule has 2 heterocycles. The van der Waals surface area contributed by atoms with Crippen LogP contribution in [0.1, 0.15) is 22.5 Å². The van der Waals surface area contributed by atoms with Crippen molar-refractivity contribution >= 4 is 22.2 Å². The highest BCUT2D eigenvalue weighted by atomic mass is 32.1. The van der Waals surface area contributed by atoms with Gasteiger partial charge in [0.05, 0.1) is 21.9 Å². The number of thiophene rings is 1. The summed E-state index contributed by atoms with van der Waals surface area (Å²) in [7, 11) is 1.63. The van der Waals surface area contributed by atoms with Gasteiger partial charge in [-0.3, -0.25) is 14.9 Å². The van der Waals surface area contributed by atoms with Crippen molar-refractivity contribution in [1.82, 2.24) is 10.6 Å². The maximum atomic E-state index is 12.0. The highest BCUT2D eigenvalue weighted by Gasteiger charge is 2.34. The minimum Gasteiger partial charge on any atom is -0.383 e. The van der Waals surface area contributed by atoms with Gasteiger partial charge in [0.2, 0.25) is 0 Å². The zero-order valence-electron chi connectivity index (χ0n) is 11.2. The van der Waals surface area contributed by atoms with E-state index in [0.717, 1.165) is 30.7 Å². The second kappa shape index (κ2) is 6.29. The molecular weight excluding hydrogens is 282 g/mol. The first-order chi connectivity index (χ1) is 9.56. The van der Waals surface area contributed by atoms with E-state index in [0.29, 0.717) is 18.0 Å². The maximum Gasteiger partial charge on any atom is 0.324 e. The predicted octanol–water partition coefficient (Wildman–Crippen LogP) is 1.15. The van der Waals surface area contributed by atoms with E-state index in [4.69, 9.17) is 4.74 Å². The molecule has 8 heteroatoms. The number of nitrogens with zero attached hydrogens (tertiary/aromatic N) is 1. The summed E-state index contributed by atoms with van der Waals surface area (Å²) in [5, 5.41) is 16.8. The van der Waals surface area contributed by atoms with Crippen molar-refractivity contribution in [3.05, 3.63) is 27.1 Å². The minimum atomic E-state index is -0.494. The molecule has 20 heavy (non-hydrogen) atoms. The van der Waals surface area contributed by atoms with Gasteiger partial charge in [0.25, 0.3) is 5.91 Å². The monoisotopic (exact) mass is 299 g/mol. The summed E-state index contributed by atoms with van der Waals surface area (Å²) in [6.45, 7) is 1.88. The molecule has 2 rings (SSSR count). The Morgan fingerprint density at radius 2 is 2.45 bits per heavy atom. The lowest BCUT2D eigenvalue weighted by Gasteiger charge is -2.28. The molecule has 0 saturated carbocycles. The fraction of sp³-hybridized carbons (Fsp3) is 0.583. The van der Waals surface area contributed by atoms with Gasteiger partial charge in [0, 0.05) is 19.7 Å². The normalized spacial score (nSPS) is 21.9. The summed E-state index contributed by atoms with van der Waals surface area (Å²) >= 11 is 0.881. The summed E-state index contributed by atoms with van der Waals surface area (Å²) < 4.78 is 5.20. The summed E-state index contributed by atoms with van der Waals surface area (Å²) in [4.78, 5) is 22.4. The number of ether oxygens (including phenoxy) is 1. The van der Waals surface area contributed by atoms with Crippen LogP contribution in [-0.2, 0) is 4.74 Å². The fourth-order valence-corrected chi connectivity index (χ4v) is 3.09. The molecule has 1 aliphatic heterocycles. The Morgan fingerprint density at radius 3 is 3.00 bits per heavy atom. The van der Waals surface area contributed by atoms with E-state index < -0.39 is 4.92 Å². The quantitative estimate of drug-likeness (QED) is 0.607. The number of nitrogens with one attached hydrogen (secondary N) is 2. The van der Waals surface area contributed by atoms with Crippen LogP contribution >= 0.6 is 11.3 Å². The molecule has 7 nitrogen and oxygen atoms in total. The van der Waals surface area contributed by atoms with Gasteiger partial charge < -0.3 is 15.4 Å². The van der Waals surface area contributed by atoms with Gasteiger partial charge >= 0.3 is 5.00 Å². The standard InChI is InChI=1S/C12H17N3O4S/c1-19-8-12(5-2-6-14-12)7-13-11(16)9-3-4-10(20-9)15(17)18/h3-4,14H,2,5-8H2,1H3,(H,13,16). The number of amides is 1. The topological polar surface area (TPSA) is 93.5 Å². The van der Waals surface area contributed by atoms with Crippen molar-refractivity contribution in [3.8, 4) is 0 Å². The van der Waals surface area contributed by atoms with E-state index in [-0.39, 0.29) is 16.4 Å². The average molecular weight is 299 g/mol. The van der Waals surface area contributed by atoms with Crippen molar-refractivity contribution in [2.75, 3.05) is 26.8 Å². The van der Waals surface area contributed by atoms with E-state index in [1.54, 1.807) is 7.11 Å². The second-order valence-corrected chi connectivity index (χ2v) is 5.88. The Balaban J connectivity index is 1.95. The fourth-order valence-electron chi connectivity index (χ4n) is 2.35. The lowest BCUT2D eigenvalue weighted by Crippen LogP contribution is -2.52. The summed E-state index contributed by atoms with van der Waals surface area (Å²) in [5.74, 6) is -0.285. The third-order valence-corrected chi connectivity index (χ3v) is 4.37. The Labute approximate surface area is 120 Å². The molecule has 1 unspecified atom stereocenters. The largest absolute Gasteiger partial charge is 0.383 e. The molecule has 1 fully saturated rings. The number of nitro groups is 1. The molecule has 110 valence electrons. The number of methoxy groups -OCH3 is 1. The zero-order chi connectivity index (χ0) is 14.6. The van der Waals surface area contributed by atoms with Crippen LogP contribution < -0.4 is 10.6 Å². The number of carbonyl (C=O) groups excluding carboxylic acids is 1. The molecule has 0 radical (unpaired) electrons. The first-order valence-corrected chi connectivity index (χ1v) is 7.14. The smallest absolute Gasteiger partial charge is 0.324 e. The molecule has 1 amide bonds. The first kappa shape index (κ1) is 14.9. The van der Waals surface area contributed by atoms with Gasteiger partial charge in [0.1, 0.15) is 0 Å². The molecule has 1 atom stereocenters. The average Bonchev–Trinajstić information content (AvgIpc) is 3.06. The number of carbonyl (C=O) groups is 1. The molecule has 0 aromatic carbocycles. The number of hydrogen-bond donors (Lipinski definition) is 2. The Kier molecular flexibility index (Phi) is 4.69. The first-order valence-electron chi connectivity index (χ1n) is 6.33. The second-order valence-electron chi connectivity index (χ2n) is 4.82. The van der Waals surface area contributed by atoms with Gasteiger partial charge in [-0.05, 0) is 25.5 Å². The summed E-state index contributed by atoms with van der Waals surface area (Å²) in [6, 6.07) is 2.82. The molecule has 0 bridgehead atoms. The van der Waals surface area contributed by atoms with Crippen LogP contribution in [0.2, 0.25) is 0 Å². The van der Waals surface area contributed by atoms with E-state index in [2.05, 4.69) is 10.6 Å². The van der Waals surface area contributed by atoms with Crippen LogP contribution in [0.4, 0.5) is 5.00 Å². The van der Waals surface area contributed by atoms with Gasteiger partial charge in [0.15, 0.2) is 0 Å². The van der Waals surface area contributed by atoms with Gasteiger partial charge in [-0.25, -0.2) is 0 Å². The molecule has 2 N–H and O–H groups in total. The van der Waals surface area contributed by atoms with E-state index in [1.807, 2.05) is 0 Å². The van der Waals surface area contributed by atoms with Gasteiger partial charge in [-0.15, -0.1) is 0 Å². The van der Waals surface area contributed by atoms with Crippen LogP contribution in [0, 0.1) is 10.1 Å². The Hall–Kier alpha value is -1.51. The Bertz CT molecular complexity index is 497. The zero-order valence-corrected chi connectivity index (χ0v) is 12.0. The van der Waals surface area contributed by atoms with Crippen LogP contribution in [0.25, 0.3) is 0 Å². The summed E-state index contributed by atoms with van der Waals surface area (Å²) in [5.41, 5.74) is -0.229. The lowest BCUT2D eigenvalue weighted by molar-refractivity contribution is -0.380. The van der Waals surface area contributed by atoms with Crippen LogP contribution in [0.15, 0.2) is 12.1 Å². The van der Waals surface area contributed by atoms with Gasteiger partial charge in [-0.2, -0.15) is 0 Å².